The highest BCUT2D eigenvalue weighted by molar-refractivity contribution is 6.04. The SMILES string of the molecule is CC(C)(C)c1ccc(C(=O)Nc2cccc(NC(=O)COc3cccc(C(F)(F)F)c3)c2)cc1. The standard InChI is InChI=1S/C26H25F3N2O3/c1-25(2,3)18-12-10-17(11-13-18)24(33)31-21-8-5-7-20(15-21)30-23(32)16-34-22-9-4-6-19(14-22)26(27,28)29/h4-15H,16H2,1-3H3,(H,30,32)(H,31,33). The van der Waals surface area contributed by atoms with Gasteiger partial charge in [-0.2, -0.15) is 13.2 Å². The summed E-state index contributed by atoms with van der Waals surface area (Å²) in [5, 5.41) is 5.38. The summed E-state index contributed by atoms with van der Waals surface area (Å²) in [6.45, 7) is 5.80. The van der Waals surface area contributed by atoms with Crippen molar-refractivity contribution in [2.75, 3.05) is 17.2 Å². The fourth-order valence-electron chi connectivity index (χ4n) is 3.11. The Bertz CT molecular complexity index is 1170. The van der Waals surface area contributed by atoms with Gasteiger partial charge in [-0.05, 0) is 59.5 Å². The van der Waals surface area contributed by atoms with Gasteiger partial charge in [-0.25, -0.2) is 0 Å². The maximum atomic E-state index is 12.8. The van der Waals surface area contributed by atoms with Gasteiger partial charge >= 0.3 is 6.18 Å². The van der Waals surface area contributed by atoms with E-state index in [0.29, 0.717) is 16.9 Å². The highest BCUT2D eigenvalue weighted by Crippen LogP contribution is 2.31. The number of ether oxygens (including phenoxy) is 1. The molecule has 178 valence electrons. The van der Waals surface area contributed by atoms with Gasteiger partial charge in [-0.3, -0.25) is 9.59 Å². The molecule has 0 fully saturated rings. The third-order valence-electron chi connectivity index (χ3n) is 4.95. The maximum absolute atomic E-state index is 12.8. The number of nitrogens with one attached hydrogen (secondary N) is 2. The van der Waals surface area contributed by atoms with E-state index in [1.165, 1.54) is 12.1 Å². The number of halogens is 3. The second kappa shape index (κ2) is 9.99. The monoisotopic (exact) mass is 470 g/mol. The van der Waals surface area contributed by atoms with Crippen LogP contribution in [0.2, 0.25) is 0 Å². The van der Waals surface area contributed by atoms with Gasteiger partial charge in [0.2, 0.25) is 0 Å². The van der Waals surface area contributed by atoms with E-state index in [9.17, 15) is 22.8 Å². The lowest BCUT2D eigenvalue weighted by atomic mass is 9.87. The Balaban J connectivity index is 1.58. The lowest BCUT2D eigenvalue weighted by Crippen LogP contribution is -2.20. The Hall–Kier alpha value is -3.81. The lowest BCUT2D eigenvalue weighted by molar-refractivity contribution is -0.137. The highest BCUT2D eigenvalue weighted by atomic mass is 19.4. The molecule has 3 rings (SSSR count). The molecule has 3 aromatic rings. The summed E-state index contributed by atoms with van der Waals surface area (Å²) < 4.78 is 43.6. The van der Waals surface area contributed by atoms with Crippen LogP contribution in [0, 0.1) is 0 Å². The molecule has 0 saturated heterocycles. The molecule has 5 nitrogen and oxygen atoms in total. The van der Waals surface area contributed by atoms with Crippen molar-refractivity contribution in [2.24, 2.45) is 0 Å². The van der Waals surface area contributed by atoms with E-state index >= 15 is 0 Å². The normalized spacial score (nSPS) is 11.6. The average molecular weight is 470 g/mol. The van der Waals surface area contributed by atoms with E-state index < -0.39 is 24.3 Å². The molecule has 0 aliphatic rings. The number of hydrogen-bond donors (Lipinski definition) is 2. The zero-order valence-electron chi connectivity index (χ0n) is 19.0. The summed E-state index contributed by atoms with van der Waals surface area (Å²) in [6.07, 6.45) is -4.50. The Morgan fingerprint density at radius 3 is 2.03 bits per heavy atom. The number of carbonyl (C=O) groups is 2. The molecule has 0 bridgehead atoms. The minimum Gasteiger partial charge on any atom is -0.484 e. The van der Waals surface area contributed by atoms with Gasteiger partial charge in [0.15, 0.2) is 6.61 Å². The molecule has 3 aromatic carbocycles. The molecule has 0 aromatic heterocycles. The van der Waals surface area contributed by atoms with Crippen LogP contribution in [0.15, 0.2) is 72.8 Å². The van der Waals surface area contributed by atoms with Crippen LogP contribution in [-0.2, 0) is 16.4 Å². The van der Waals surface area contributed by atoms with E-state index in [4.69, 9.17) is 4.74 Å². The van der Waals surface area contributed by atoms with Crippen LogP contribution in [0.3, 0.4) is 0 Å². The number of anilines is 2. The fourth-order valence-corrected chi connectivity index (χ4v) is 3.11. The lowest BCUT2D eigenvalue weighted by Gasteiger charge is -2.19. The minimum atomic E-state index is -4.50. The molecule has 0 saturated carbocycles. The zero-order valence-corrected chi connectivity index (χ0v) is 19.0. The first-order valence-electron chi connectivity index (χ1n) is 10.5. The zero-order chi connectivity index (χ0) is 24.9. The second-order valence-corrected chi connectivity index (χ2v) is 8.72. The molecule has 0 aliphatic carbocycles. The Kier molecular flexibility index (Phi) is 7.29. The Morgan fingerprint density at radius 2 is 1.41 bits per heavy atom. The predicted octanol–water partition coefficient (Wildman–Crippen LogP) is 6.27. The number of carbonyl (C=O) groups excluding carboxylic acids is 2. The molecule has 34 heavy (non-hydrogen) atoms. The molecule has 2 amide bonds. The van der Waals surface area contributed by atoms with Crippen molar-refractivity contribution in [1.82, 2.24) is 0 Å². The summed E-state index contributed by atoms with van der Waals surface area (Å²) in [5.41, 5.74) is 1.60. The molecule has 8 heteroatoms. The fraction of sp³-hybridized carbons (Fsp3) is 0.231. The molecular formula is C26H25F3N2O3. The van der Waals surface area contributed by atoms with Crippen LogP contribution >= 0.6 is 0 Å². The van der Waals surface area contributed by atoms with Crippen LogP contribution < -0.4 is 15.4 Å². The smallest absolute Gasteiger partial charge is 0.416 e. The van der Waals surface area contributed by atoms with E-state index in [1.54, 1.807) is 36.4 Å². The number of benzene rings is 3. The summed E-state index contributed by atoms with van der Waals surface area (Å²) in [7, 11) is 0. The molecule has 0 unspecified atom stereocenters. The van der Waals surface area contributed by atoms with E-state index in [0.717, 1.165) is 17.7 Å². The van der Waals surface area contributed by atoms with Crippen molar-refractivity contribution < 1.29 is 27.5 Å². The van der Waals surface area contributed by atoms with Gasteiger partial charge in [0.1, 0.15) is 5.75 Å². The van der Waals surface area contributed by atoms with Crippen LogP contribution in [0.25, 0.3) is 0 Å². The Labute approximate surface area is 195 Å². The second-order valence-electron chi connectivity index (χ2n) is 8.72. The van der Waals surface area contributed by atoms with Crippen LogP contribution in [0.4, 0.5) is 24.5 Å². The van der Waals surface area contributed by atoms with Gasteiger partial charge in [0, 0.05) is 16.9 Å². The molecule has 0 spiro atoms. The number of alkyl halides is 3. The highest BCUT2D eigenvalue weighted by Gasteiger charge is 2.30. The summed E-state index contributed by atoms with van der Waals surface area (Å²) in [5.74, 6) is -0.918. The van der Waals surface area contributed by atoms with Crippen LogP contribution in [-0.4, -0.2) is 18.4 Å². The summed E-state index contributed by atoms with van der Waals surface area (Å²) in [6, 6.07) is 18.2. The van der Waals surface area contributed by atoms with Crippen molar-refractivity contribution in [3.8, 4) is 5.75 Å². The third kappa shape index (κ3) is 6.84. The first-order valence-corrected chi connectivity index (χ1v) is 10.5. The maximum Gasteiger partial charge on any atom is 0.416 e. The molecule has 0 radical (unpaired) electrons. The van der Waals surface area contributed by atoms with E-state index in [-0.39, 0.29) is 17.1 Å². The molecular weight excluding hydrogens is 445 g/mol. The summed E-state index contributed by atoms with van der Waals surface area (Å²) in [4.78, 5) is 24.8. The Morgan fingerprint density at radius 1 is 0.794 bits per heavy atom. The van der Waals surface area contributed by atoms with Gasteiger partial charge in [0.05, 0.1) is 5.56 Å². The van der Waals surface area contributed by atoms with E-state index in [2.05, 4.69) is 31.4 Å². The van der Waals surface area contributed by atoms with E-state index in [1.807, 2.05) is 12.1 Å². The molecule has 0 atom stereocenters. The third-order valence-corrected chi connectivity index (χ3v) is 4.95. The van der Waals surface area contributed by atoms with Crippen LogP contribution in [0.1, 0.15) is 42.3 Å². The first-order chi connectivity index (χ1) is 15.9. The van der Waals surface area contributed by atoms with Gasteiger partial charge in [-0.15, -0.1) is 0 Å². The number of hydrogen-bond acceptors (Lipinski definition) is 3. The van der Waals surface area contributed by atoms with Crippen molar-refractivity contribution in [3.05, 3.63) is 89.5 Å². The van der Waals surface area contributed by atoms with Crippen molar-refractivity contribution in [3.63, 3.8) is 0 Å². The largest absolute Gasteiger partial charge is 0.484 e. The van der Waals surface area contributed by atoms with Crippen molar-refractivity contribution in [2.45, 2.75) is 32.4 Å². The van der Waals surface area contributed by atoms with Crippen LogP contribution in [0.5, 0.6) is 5.75 Å². The number of amides is 2. The van der Waals surface area contributed by atoms with Crippen molar-refractivity contribution in [1.29, 1.82) is 0 Å². The van der Waals surface area contributed by atoms with Gasteiger partial charge < -0.3 is 15.4 Å². The topological polar surface area (TPSA) is 67.4 Å². The number of rotatable bonds is 6. The average Bonchev–Trinajstić information content (AvgIpc) is 2.77. The molecule has 0 heterocycles. The summed E-state index contributed by atoms with van der Waals surface area (Å²) >= 11 is 0. The van der Waals surface area contributed by atoms with Crippen molar-refractivity contribution >= 4 is 23.2 Å². The van der Waals surface area contributed by atoms with Gasteiger partial charge in [0.25, 0.3) is 11.8 Å². The molecule has 0 aliphatic heterocycles. The minimum absolute atomic E-state index is 0.0214. The quantitative estimate of drug-likeness (QED) is 0.446. The first kappa shape index (κ1) is 24.8. The van der Waals surface area contributed by atoms with Gasteiger partial charge in [-0.1, -0.05) is 45.0 Å². The molecule has 2 N–H and O–H groups in total. The predicted molar refractivity (Wildman–Crippen MR) is 125 cm³/mol.